The largest absolute Gasteiger partial charge is 0.478 e. The van der Waals surface area contributed by atoms with Gasteiger partial charge in [-0.2, -0.15) is 5.10 Å². The zero-order valence-corrected chi connectivity index (χ0v) is 9.89. The summed E-state index contributed by atoms with van der Waals surface area (Å²) in [6.07, 6.45) is 1.52. The minimum Gasteiger partial charge on any atom is -0.478 e. The van der Waals surface area contributed by atoms with E-state index in [1.807, 2.05) is 0 Å². The number of carbonyl (C=O) groups is 2. The normalized spacial score (nSPS) is 11.9. The Morgan fingerprint density at radius 2 is 2.06 bits per heavy atom. The Morgan fingerprint density at radius 3 is 2.53 bits per heavy atom. The van der Waals surface area contributed by atoms with Gasteiger partial charge in [-0.15, -0.1) is 0 Å². The fourth-order valence-corrected chi connectivity index (χ4v) is 1.09. The molecule has 1 rings (SSSR count). The lowest BCUT2D eigenvalue weighted by atomic mass is 10.1. The summed E-state index contributed by atoms with van der Waals surface area (Å²) >= 11 is 0. The number of carbonyl (C=O) groups excluding carboxylic acids is 1. The lowest BCUT2D eigenvalue weighted by molar-refractivity contribution is -0.133. The second-order valence-electron chi connectivity index (χ2n) is 3.57. The van der Waals surface area contributed by atoms with Crippen molar-refractivity contribution in [2.45, 2.75) is 20.4 Å². The first-order chi connectivity index (χ1) is 7.91. The van der Waals surface area contributed by atoms with Crippen LogP contribution in [0.15, 0.2) is 17.5 Å². The van der Waals surface area contributed by atoms with Crippen molar-refractivity contribution in [3.8, 4) is 0 Å². The summed E-state index contributed by atoms with van der Waals surface area (Å²) in [6.45, 7) is 3.02. The SMILES string of the molecule is CC(C(=O)O)=C(C)C(=O)NCc1ncn(C)n1. The van der Waals surface area contributed by atoms with Crippen LogP contribution in [0, 0.1) is 0 Å². The average Bonchev–Trinajstić information content (AvgIpc) is 2.69. The fourth-order valence-electron chi connectivity index (χ4n) is 1.09. The molecule has 0 aromatic carbocycles. The second kappa shape index (κ2) is 5.24. The smallest absolute Gasteiger partial charge is 0.331 e. The highest BCUT2D eigenvalue weighted by Gasteiger charge is 2.12. The molecule has 0 aliphatic heterocycles. The topological polar surface area (TPSA) is 97.1 Å². The van der Waals surface area contributed by atoms with Crippen LogP contribution in [-0.4, -0.2) is 31.7 Å². The fraction of sp³-hybridized carbons (Fsp3) is 0.400. The van der Waals surface area contributed by atoms with Gasteiger partial charge in [0.1, 0.15) is 6.33 Å². The Bertz CT molecular complexity index is 476. The third kappa shape index (κ3) is 3.40. The van der Waals surface area contributed by atoms with Crippen LogP contribution in [0.3, 0.4) is 0 Å². The van der Waals surface area contributed by atoms with Crippen LogP contribution in [0.4, 0.5) is 0 Å². The van der Waals surface area contributed by atoms with Crippen LogP contribution in [0.2, 0.25) is 0 Å². The quantitative estimate of drug-likeness (QED) is 0.711. The number of hydrogen-bond donors (Lipinski definition) is 2. The highest BCUT2D eigenvalue weighted by molar-refractivity contribution is 6.01. The van der Waals surface area contributed by atoms with Crippen molar-refractivity contribution >= 4 is 11.9 Å². The molecule has 0 atom stereocenters. The molecule has 0 aliphatic carbocycles. The van der Waals surface area contributed by atoms with Crippen LogP contribution in [0.25, 0.3) is 0 Å². The van der Waals surface area contributed by atoms with Gasteiger partial charge in [-0.1, -0.05) is 0 Å². The summed E-state index contributed by atoms with van der Waals surface area (Å²) in [5.41, 5.74) is 0.199. The Labute approximate surface area is 98.2 Å². The Kier molecular flexibility index (Phi) is 3.97. The Morgan fingerprint density at radius 1 is 1.41 bits per heavy atom. The lowest BCUT2D eigenvalue weighted by Gasteiger charge is -2.04. The molecule has 7 heteroatoms. The van der Waals surface area contributed by atoms with Crippen molar-refractivity contribution < 1.29 is 14.7 Å². The van der Waals surface area contributed by atoms with E-state index in [9.17, 15) is 9.59 Å². The monoisotopic (exact) mass is 238 g/mol. The maximum atomic E-state index is 11.6. The molecule has 1 aromatic heterocycles. The number of amides is 1. The maximum Gasteiger partial charge on any atom is 0.331 e. The number of carboxylic acids is 1. The number of hydrogen-bond acceptors (Lipinski definition) is 4. The van der Waals surface area contributed by atoms with Crippen LogP contribution < -0.4 is 5.32 Å². The van der Waals surface area contributed by atoms with Gasteiger partial charge in [0.2, 0.25) is 5.91 Å². The zero-order chi connectivity index (χ0) is 13.0. The molecule has 7 nitrogen and oxygen atoms in total. The van der Waals surface area contributed by atoms with Gasteiger partial charge in [0.25, 0.3) is 0 Å². The molecule has 0 radical (unpaired) electrons. The number of rotatable bonds is 4. The Balaban J connectivity index is 2.62. The van der Waals surface area contributed by atoms with Crippen molar-refractivity contribution in [3.63, 3.8) is 0 Å². The summed E-state index contributed by atoms with van der Waals surface area (Å²) in [4.78, 5) is 26.2. The molecule has 0 fully saturated rings. The predicted octanol–water partition coefficient (Wildman–Crippen LogP) is -0.148. The summed E-state index contributed by atoms with van der Waals surface area (Å²) in [5, 5.41) is 15.3. The van der Waals surface area contributed by atoms with Crippen molar-refractivity contribution in [1.82, 2.24) is 20.1 Å². The van der Waals surface area contributed by atoms with E-state index in [0.717, 1.165) is 0 Å². The summed E-state index contributed by atoms with van der Waals surface area (Å²) < 4.78 is 1.52. The number of nitrogens with one attached hydrogen (secondary N) is 1. The number of aryl methyl sites for hydroxylation is 1. The zero-order valence-electron chi connectivity index (χ0n) is 9.89. The molecule has 0 saturated carbocycles. The van der Waals surface area contributed by atoms with Gasteiger partial charge in [0, 0.05) is 18.2 Å². The first kappa shape index (κ1) is 12.9. The summed E-state index contributed by atoms with van der Waals surface area (Å²) in [5.74, 6) is -1.06. The molecule has 0 bridgehead atoms. The van der Waals surface area contributed by atoms with E-state index in [0.29, 0.717) is 5.82 Å². The van der Waals surface area contributed by atoms with E-state index in [1.165, 1.54) is 24.9 Å². The van der Waals surface area contributed by atoms with Crippen molar-refractivity contribution in [3.05, 3.63) is 23.3 Å². The summed E-state index contributed by atoms with van der Waals surface area (Å²) in [7, 11) is 1.72. The molecule has 1 heterocycles. The molecule has 2 N–H and O–H groups in total. The molecule has 0 spiro atoms. The lowest BCUT2D eigenvalue weighted by Crippen LogP contribution is -2.25. The molecule has 0 saturated heterocycles. The predicted molar refractivity (Wildman–Crippen MR) is 58.9 cm³/mol. The van der Waals surface area contributed by atoms with Crippen LogP contribution in [-0.2, 0) is 23.2 Å². The first-order valence-electron chi connectivity index (χ1n) is 4.95. The van der Waals surface area contributed by atoms with Crippen molar-refractivity contribution in [2.24, 2.45) is 7.05 Å². The van der Waals surface area contributed by atoms with Gasteiger partial charge in [0.15, 0.2) is 5.82 Å². The highest BCUT2D eigenvalue weighted by atomic mass is 16.4. The Hall–Kier alpha value is -2.18. The molecule has 17 heavy (non-hydrogen) atoms. The van der Waals surface area contributed by atoms with Gasteiger partial charge >= 0.3 is 5.97 Å². The minimum atomic E-state index is -1.10. The number of aromatic nitrogens is 3. The maximum absolute atomic E-state index is 11.6. The molecule has 92 valence electrons. The summed E-state index contributed by atoms with van der Waals surface area (Å²) in [6, 6.07) is 0. The second-order valence-corrected chi connectivity index (χ2v) is 3.57. The van der Waals surface area contributed by atoms with Crippen LogP contribution in [0.1, 0.15) is 19.7 Å². The van der Waals surface area contributed by atoms with Crippen LogP contribution >= 0.6 is 0 Å². The van der Waals surface area contributed by atoms with Gasteiger partial charge in [-0.05, 0) is 13.8 Å². The van der Waals surface area contributed by atoms with Gasteiger partial charge in [-0.25, -0.2) is 9.78 Å². The minimum absolute atomic E-state index is 0.0245. The molecular weight excluding hydrogens is 224 g/mol. The van der Waals surface area contributed by atoms with Gasteiger partial charge in [0.05, 0.1) is 6.54 Å². The van der Waals surface area contributed by atoms with E-state index in [4.69, 9.17) is 5.11 Å². The van der Waals surface area contributed by atoms with E-state index in [1.54, 1.807) is 7.05 Å². The molecule has 1 aromatic rings. The molecule has 0 unspecified atom stereocenters. The average molecular weight is 238 g/mol. The molecule has 1 amide bonds. The molecule has 0 aliphatic rings. The van der Waals surface area contributed by atoms with Crippen molar-refractivity contribution in [1.29, 1.82) is 0 Å². The number of aliphatic carboxylic acids is 1. The van der Waals surface area contributed by atoms with Crippen molar-refractivity contribution in [2.75, 3.05) is 0 Å². The number of nitrogens with zero attached hydrogens (tertiary/aromatic N) is 3. The highest BCUT2D eigenvalue weighted by Crippen LogP contribution is 2.03. The third-order valence-corrected chi connectivity index (χ3v) is 2.28. The van der Waals surface area contributed by atoms with Crippen LogP contribution in [0.5, 0.6) is 0 Å². The third-order valence-electron chi connectivity index (χ3n) is 2.28. The number of carboxylic acid groups (broad SMARTS) is 1. The molecular formula is C10H14N4O3. The van der Waals surface area contributed by atoms with E-state index in [-0.39, 0.29) is 17.7 Å². The van der Waals surface area contributed by atoms with Gasteiger partial charge in [-0.3, -0.25) is 9.48 Å². The van der Waals surface area contributed by atoms with E-state index >= 15 is 0 Å². The first-order valence-corrected chi connectivity index (χ1v) is 4.95. The standard InChI is InChI=1S/C10H14N4O3/c1-6(7(2)10(16)17)9(15)11-4-8-12-5-14(3)13-8/h5H,4H2,1-3H3,(H,11,15)(H,16,17). The van der Waals surface area contributed by atoms with E-state index < -0.39 is 11.9 Å². The van der Waals surface area contributed by atoms with Gasteiger partial charge < -0.3 is 10.4 Å². The van der Waals surface area contributed by atoms with E-state index in [2.05, 4.69) is 15.4 Å².